The number of benzene rings is 1. The van der Waals surface area contributed by atoms with E-state index in [0.717, 1.165) is 58.4 Å². The van der Waals surface area contributed by atoms with E-state index in [1.54, 1.807) is 0 Å². The molecule has 0 aromatic heterocycles. The van der Waals surface area contributed by atoms with Gasteiger partial charge in [0.25, 0.3) is 5.17 Å². The predicted molar refractivity (Wildman–Crippen MR) is 154 cm³/mol. The topological polar surface area (TPSA) is 68.7 Å². The minimum absolute atomic E-state index is 0.134. The van der Waals surface area contributed by atoms with Gasteiger partial charge in [0, 0.05) is 50.8 Å². The molecule has 5 aliphatic rings. The van der Waals surface area contributed by atoms with E-state index in [-0.39, 0.29) is 12.2 Å². The van der Waals surface area contributed by atoms with Crippen molar-refractivity contribution in [3.05, 3.63) is 35.9 Å². The predicted octanol–water partition coefficient (Wildman–Crippen LogP) is 4.18. The Hall–Kier alpha value is -1.94. The Kier molecular flexibility index (Phi) is 8.58. The summed E-state index contributed by atoms with van der Waals surface area (Å²) in [5.74, 6) is 0. The molecule has 5 fully saturated rings. The number of hydrogen-bond donors (Lipinski definition) is 1. The maximum absolute atomic E-state index is 10.9. The summed E-state index contributed by atoms with van der Waals surface area (Å²) >= 11 is 5.86. The summed E-state index contributed by atoms with van der Waals surface area (Å²) in [6.07, 6.45) is 8.66. The molecule has 0 spiro atoms. The van der Waals surface area contributed by atoms with Gasteiger partial charge >= 0.3 is 6.16 Å². The molecule has 1 aromatic carbocycles. The minimum atomic E-state index is -1.16. The minimum Gasteiger partial charge on any atom is -0.464 e. The lowest BCUT2D eigenvalue weighted by molar-refractivity contribution is -0.0231. The second kappa shape index (κ2) is 12.3. The van der Waals surface area contributed by atoms with Crippen LogP contribution >= 0.6 is 12.2 Å². The van der Waals surface area contributed by atoms with Gasteiger partial charge in [0.2, 0.25) is 0 Å². The smallest absolute Gasteiger partial charge is 0.464 e. The molecule has 4 aliphatic heterocycles. The first kappa shape index (κ1) is 27.2. The summed E-state index contributed by atoms with van der Waals surface area (Å²) < 4.78 is 11.5. The van der Waals surface area contributed by atoms with Crippen LogP contribution in [-0.2, 0) is 16.0 Å². The number of fused-ring (bicyclic) bond motifs is 1. The van der Waals surface area contributed by atoms with Crippen LogP contribution in [0.1, 0.15) is 63.4 Å². The molecule has 214 valence electrons. The number of likely N-dealkylation sites (tertiary alicyclic amines) is 3. The summed E-state index contributed by atoms with van der Waals surface area (Å²) in [6, 6.07) is 12.8. The third-order valence-corrected chi connectivity index (χ3v) is 10.3. The molecule has 1 N–H and O–H groups in total. The van der Waals surface area contributed by atoms with Crippen LogP contribution in [0.2, 0.25) is 0 Å². The van der Waals surface area contributed by atoms with Crippen molar-refractivity contribution < 1.29 is 19.4 Å². The molecule has 1 saturated carbocycles. The number of rotatable bonds is 6. The van der Waals surface area contributed by atoms with Crippen LogP contribution in [0.5, 0.6) is 0 Å². The zero-order valence-electron chi connectivity index (χ0n) is 23.0. The molecule has 39 heavy (non-hydrogen) atoms. The highest BCUT2D eigenvalue weighted by molar-refractivity contribution is 7.80. The van der Waals surface area contributed by atoms with E-state index in [2.05, 4.69) is 49.9 Å². The summed E-state index contributed by atoms with van der Waals surface area (Å²) in [5.41, 5.74) is 1.42. The van der Waals surface area contributed by atoms with E-state index < -0.39 is 6.16 Å². The van der Waals surface area contributed by atoms with Gasteiger partial charge in [-0.25, -0.2) is 4.79 Å². The lowest BCUT2D eigenvalue weighted by atomic mass is 9.84. The second-order valence-electron chi connectivity index (χ2n) is 12.2. The average Bonchev–Trinajstić information content (AvgIpc) is 3.30. The molecule has 3 unspecified atom stereocenters. The molecular formula is C30H44N4O4S. The van der Waals surface area contributed by atoms with E-state index in [9.17, 15) is 4.79 Å². The highest BCUT2D eigenvalue weighted by atomic mass is 32.1. The maximum Gasteiger partial charge on any atom is 0.506 e. The van der Waals surface area contributed by atoms with Crippen molar-refractivity contribution in [3.63, 3.8) is 0 Å². The number of carboxylic acid groups (broad SMARTS) is 1. The fourth-order valence-corrected chi connectivity index (χ4v) is 8.38. The second-order valence-corrected chi connectivity index (χ2v) is 12.5. The first-order chi connectivity index (χ1) is 19.0. The molecule has 1 aromatic rings. The Bertz CT molecular complexity index is 974. The Balaban J connectivity index is 0.985. The number of nitrogens with zero attached hydrogens (tertiary/aromatic N) is 4. The van der Waals surface area contributed by atoms with Crippen molar-refractivity contribution in [2.75, 3.05) is 39.3 Å². The van der Waals surface area contributed by atoms with Gasteiger partial charge in [-0.1, -0.05) is 30.3 Å². The first-order valence-corrected chi connectivity index (χ1v) is 15.6. The Morgan fingerprint density at radius 1 is 0.846 bits per heavy atom. The van der Waals surface area contributed by atoms with Crippen LogP contribution in [0, 0.1) is 0 Å². The highest BCUT2D eigenvalue weighted by Crippen LogP contribution is 2.39. The van der Waals surface area contributed by atoms with Crippen molar-refractivity contribution in [2.24, 2.45) is 0 Å². The monoisotopic (exact) mass is 556 g/mol. The van der Waals surface area contributed by atoms with Crippen molar-refractivity contribution in [1.82, 2.24) is 19.6 Å². The standard InChI is InChI=1S/C30H44N4O4S/c35-30(36)37-25-13-19-33(20-14-25)26-7-4-8-27-28(26)38-29(39)34(27)24-11-17-32(18-12-24)23-9-15-31(16-10-23)21-22-5-2-1-3-6-22/h1-3,5-6,23-28H,4,7-21H2,(H,35,36). The van der Waals surface area contributed by atoms with E-state index in [1.807, 2.05) is 0 Å². The highest BCUT2D eigenvalue weighted by Gasteiger charge is 2.50. The van der Waals surface area contributed by atoms with Crippen LogP contribution in [0.15, 0.2) is 30.3 Å². The Morgan fingerprint density at radius 3 is 2.18 bits per heavy atom. The quantitative estimate of drug-likeness (QED) is 0.411. The van der Waals surface area contributed by atoms with Gasteiger partial charge in [0.1, 0.15) is 12.2 Å². The summed E-state index contributed by atoms with van der Waals surface area (Å²) in [6.45, 7) is 7.49. The number of piperidine rings is 3. The van der Waals surface area contributed by atoms with Crippen molar-refractivity contribution in [2.45, 2.75) is 101 Å². The molecule has 3 atom stereocenters. The molecule has 0 amide bonds. The summed E-state index contributed by atoms with van der Waals surface area (Å²) in [7, 11) is 0. The fraction of sp³-hybridized carbons (Fsp3) is 0.733. The molecule has 9 heteroatoms. The largest absolute Gasteiger partial charge is 0.506 e. The lowest BCUT2D eigenvalue weighted by Crippen LogP contribution is -2.57. The van der Waals surface area contributed by atoms with E-state index >= 15 is 0 Å². The Labute approximate surface area is 238 Å². The Morgan fingerprint density at radius 2 is 1.49 bits per heavy atom. The van der Waals surface area contributed by atoms with Crippen molar-refractivity contribution >= 4 is 23.5 Å². The van der Waals surface area contributed by atoms with Gasteiger partial charge in [0.05, 0.1) is 6.04 Å². The molecule has 4 heterocycles. The third kappa shape index (κ3) is 6.21. The van der Waals surface area contributed by atoms with Crippen molar-refractivity contribution in [3.8, 4) is 0 Å². The van der Waals surface area contributed by atoms with Gasteiger partial charge in [-0.05, 0) is 88.7 Å². The fourth-order valence-electron chi connectivity index (χ4n) is 7.98. The molecule has 6 rings (SSSR count). The molecular weight excluding hydrogens is 512 g/mol. The number of thiocarbonyl (C=S) groups is 1. The first-order valence-electron chi connectivity index (χ1n) is 15.2. The molecule has 0 bridgehead atoms. The van der Waals surface area contributed by atoms with E-state index in [0.29, 0.717) is 29.3 Å². The number of hydrogen-bond acceptors (Lipinski definition) is 7. The van der Waals surface area contributed by atoms with Gasteiger partial charge < -0.3 is 24.4 Å². The van der Waals surface area contributed by atoms with E-state index in [1.165, 1.54) is 50.8 Å². The van der Waals surface area contributed by atoms with Crippen LogP contribution in [0.25, 0.3) is 0 Å². The summed E-state index contributed by atoms with van der Waals surface area (Å²) in [5, 5.41) is 9.67. The molecule has 0 radical (unpaired) electrons. The zero-order chi connectivity index (χ0) is 26.8. The van der Waals surface area contributed by atoms with Crippen LogP contribution in [0.3, 0.4) is 0 Å². The summed E-state index contributed by atoms with van der Waals surface area (Å²) in [4.78, 5) is 21.3. The third-order valence-electron chi connectivity index (χ3n) is 9.99. The van der Waals surface area contributed by atoms with E-state index in [4.69, 9.17) is 26.8 Å². The van der Waals surface area contributed by atoms with Gasteiger partial charge in [-0.3, -0.25) is 9.80 Å². The van der Waals surface area contributed by atoms with Crippen LogP contribution in [-0.4, -0.2) is 112 Å². The van der Waals surface area contributed by atoms with Gasteiger partial charge in [0.15, 0.2) is 0 Å². The molecule has 4 saturated heterocycles. The van der Waals surface area contributed by atoms with Gasteiger partial charge in [-0.2, -0.15) is 0 Å². The lowest BCUT2D eigenvalue weighted by Gasteiger charge is -2.46. The molecule has 1 aliphatic carbocycles. The SMILES string of the molecule is O=C(O)OC1CCN(C2CCCC3C2OC(=S)N3C2CCN(C3CCN(Cc4ccccc4)CC3)CC2)CC1. The van der Waals surface area contributed by atoms with Crippen LogP contribution in [0.4, 0.5) is 4.79 Å². The zero-order valence-corrected chi connectivity index (χ0v) is 23.9. The van der Waals surface area contributed by atoms with Gasteiger partial charge in [-0.15, -0.1) is 0 Å². The maximum atomic E-state index is 10.9. The molecule has 8 nitrogen and oxygen atoms in total. The number of carbonyl (C=O) groups is 1. The number of ether oxygens (including phenoxy) is 2. The van der Waals surface area contributed by atoms with Crippen LogP contribution < -0.4 is 0 Å². The average molecular weight is 557 g/mol. The van der Waals surface area contributed by atoms with Crippen molar-refractivity contribution in [1.29, 1.82) is 0 Å². The normalized spacial score (nSPS) is 30.7.